The Labute approximate surface area is 149 Å². The van der Waals surface area contributed by atoms with E-state index >= 15 is 0 Å². The van der Waals surface area contributed by atoms with Gasteiger partial charge in [0.2, 0.25) is 0 Å². The number of alkyl halides is 2. The first kappa shape index (κ1) is 19.9. The molecule has 4 aliphatic carbocycles. The molecule has 26 heavy (non-hydrogen) atoms. The highest BCUT2D eigenvalue weighted by Crippen LogP contribution is 2.62. The van der Waals surface area contributed by atoms with E-state index in [0.717, 1.165) is 6.42 Å². The molecule has 8 nitrogen and oxygen atoms in total. The zero-order chi connectivity index (χ0) is 19.3. The summed E-state index contributed by atoms with van der Waals surface area (Å²) >= 11 is 0. The van der Waals surface area contributed by atoms with E-state index in [1.54, 1.807) is 0 Å². The van der Waals surface area contributed by atoms with Crippen LogP contribution >= 0.6 is 0 Å². The van der Waals surface area contributed by atoms with Crippen molar-refractivity contribution in [2.75, 3.05) is 13.9 Å². The summed E-state index contributed by atoms with van der Waals surface area (Å²) in [6, 6.07) is 0. The Balaban J connectivity index is 1.74. The Hall–Kier alpha value is -0.880. The molecular weight excluding hydrogens is 378 g/mol. The van der Waals surface area contributed by atoms with Gasteiger partial charge in [-0.1, -0.05) is 0 Å². The van der Waals surface area contributed by atoms with E-state index in [1.165, 1.54) is 7.11 Å². The minimum Gasteiger partial charge on any atom is -0.456 e. The third-order valence-electron chi connectivity index (χ3n) is 5.91. The number of esters is 1. The van der Waals surface area contributed by atoms with Gasteiger partial charge in [-0.15, -0.1) is 0 Å². The van der Waals surface area contributed by atoms with Crippen LogP contribution in [0.1, 0.15) is 32.1 Å². The summed E-state index contributed by atoms with van der Waals surface area (Å²) < 4.78 is 71.9. The quantitative estimate of drug-likeness (QED) is 0.371. The molecule has 0 aromatic carbocycles. The van der Waals surface area contributed by atoms with Crippen LogP contribution in [-0.4, -0.2) is 55.6 Å². The Kier molecular flexibility index (Phi) is 5.06. The average Bonchev–Trinajstić information content (AvgIpc) is 2.53. The van der Waals surface area contributed by atoms with Gasteiger partial charge in [-0.05, 0) is 49.9 Å². The van der Waals surface area contributed by atoms with E-state index in [0.29, 0.717) is 25.7 Å². The summed E-state index contributed by atoms with van der Waals surface area (Å²) in [6.45, 7) is -0.0814. The molecule has 0 aromatic rings. The van der Waals surface area contributed by atoms with Crippen molar-refractivity contribution in [2.24, 2.45) is 23.2 Å². The van der Waals surface area contributed by atoms with Crippen molar-refractivity contribution < 1.29 is 45.9 Å². The molecule has 2 N–H and O–H groups in total. The second kappa shape index (κ2) is 6.62. The van der Waals surface area contributed by atoms with E-state index < -0.39 is 39.2 Å². The van der Waals surface area contributed by atoms with Crippen molar-refractivity contribution >= 4 is 16.1 Å². The van der Waals surface area contributed by atoms with Crippen molar-refractivity contribution in [1.29, 1.82) is 0 Å². The Bertz CT molecular complexity index is 651. The first-order valence-corrected chi connectivity index (χ1v) is 9.79. The summed E-state index contributed by atoms with van der Waals surface area (Å²) in [6.07, 6.45) is 0.906. The van der Waals surface area contributed by atoms with Gasteiger partial charge >= 0.3 is 21.3 Å². The van der Waals surface area contributed by atoms with Gasteiger partial charge in [0.15, 0.2) is 6.29 Å². The minimum absolute atomic E-state index is 0.0814. The molecule has 4 bridgehead atoms. The van der Waals surface area contributed by atoms with E-state index in [2.05, 4.69) is 0 Å². The molecule has 11 heteroatoms. The van der Waals surface area contributed by atoms with Crippen LogP contribution in [0.2, 0.25) is 0 Å². The molecule has 3 unspecified atom stereocenters. The fourth-order valence-corrected chi connectivity index (χ4v) is 5.40. The van der Waals surface area contributed by atoms with Crippen LogP contribution in [0.25, 0.3) is 0 Å². The van der Waals surface area contributed by atoms with Gasteiger partial charge in [-0.3, -0.25) is 4.55 Å². The van der Waals surface area contributed by atoms with Crippen LogP contribution < -0.4 is 0 Å². The van der Waals surface area contributed by atoms with E-state index in [-0.39, 0.29) is 24.5 Å². The number of ether oxygens (including phenoxy) is 3. The molecule has 0 spiro atoms. The summed E-state index contributed by atoms with van der Waals surface area (Å²) in [5.74, 6) is -2.56. The smallest absolute Gasteiger partial charge is 0.456 e. The number of aliphatic hydroxyl groups excluding tert-OH is 1. The topological polar surface area (TPSA) is 119 Å². The van der Waals surface area contributed by atoms with Crippen LogP contribution in [0.4, 0.5) is 8.78 Å². The van der Waals surface area contributed by atoms with Crippen LogP contribution in [0, 0.1) is 23.2 Å². The highest BCUT2D eigenvalue weighted by Gasteiger charge is 2.62. The fourth-order valence-electron chi connectivity index (χ4n) is 5.14. The molecule has 3 atom stereocenters. The fraction of sp³-hybridized carbons (Fsp3) is 0.933. The van der Waals surface area contributed by atoms with Crippen molar-refractivity contribution in [3.8, 4) is 0 Å². The molecule has 4 fully saturated rings. The number of carbonyl (C=O) groups is 1. The molecule has 150 valence electrons. The molecule has 0 amide bonds. The lowest BCUT2D eigenvalue weighted by molar-refractivity contribution is -0.270. The number of hydrogen-bond acceptors (Lipinski definition) is 7. The molecule has 4 rings (SSSR count). The molecule has 0 aliphatic heterocycles. The zero-order valence-corrected chi connectivity index (χ0v) is 15.0. The van der Waals surface area contributed by atoms with Gasteiger partial charge in [0.1, 0.15) is 12.9 Å². The predicted octanol–water partition coefficient (Wildman–Crippen LogP) is 1.14. The largest absolute Gasteiger partial charge is 0.465 e. The van der Waals surface area contributed by atoms with Crippen molar-refractivity contribution in [3.63, 3.8) is 0 Å². The van der Waals surface area contributed by atoms with Gasteiger partial charge < -0.3 is 19.3 Å². The molecule has 0 radical (unpaired) electrons. The average molecular weight is 400 g/mol. The van der Waals surface area contributed by atoms with Crippen LogP contribution in [0.3, 0.4) is 0 Å². The lowest BCUT2D eigenvalue weighted by atomic mass is 9.48. The second-order valence-electron chi connectivity index (χ2n) is 7.62. The SMILES string of the molecule is COCOC(O)C12CC3CC(C1)C(OC(=O)C(F)(F)S(=O)(=O)O)C(C3)C2. The zero-order valence-electron chi connectivity index (χ0n) is 14.1. The summed E-state index contributed by atoms with van der Waals surface area (Å²) in [4.78, 5) is 11.7. The third-order valence-corrected chi connectivity index (χ3v) is 6.72. The normalized spacial score (nSPS) is 37.6. The van der Waals surface area contributed by atoms with Gasteiger partial charge in [0.05, 0.1) is 0 Å². The highest BCUT2D eigenvalue weighted by atomic mass is 32.2. The maximum Gasteiger partial charge on any atom is 0.465 e. The highest BCUT2D eigenvalue weighted by molar-refractivity contribution is 7.87. The minimum atomic E-state index is -5.90. The Morgan fingerprint density at radius 1 is 1.27 bits per heavy atom. The second-order valence-corrected chi connectivity index (χ2v) is 9.08. The lowest BCUT2D eigenvalue weighted by Gasteiger charge is -2.60. The third kappa shape index (κ3) is 3.24. The maximum absolute atomic E-state index is 13.5. The van der Waals surface area contributed by atoms with E-state index in [4.69, 9.17) is 18.8 Å². The van der Waals surface area contributed by atoms with Gasteiger partial charge in [0, 0.05) is 12.5 Å². The first-order valence-electron chi connectivity index (χ1n) is 8.35. The van der Waals surface area contributed by atoms with Crippen LogP contribution in [0.5, 0.6) is 0 Å². The van der Waals surface area contributed by atoms with Gasteiger partial charge in [0.25, 0.3) is 0 Å². The van der Waals surface area contributed by atoms with Crippen LogP contribution in [0.15, 0.2) is 0 Å². The monoisotopic (exact) mass is 400 g/mol. The molecule has 0 aromatic heterocycles. The first-order chi connectivity index (χ1) is 12.0. The van der Waals surface area contributed by atoms with Crippen molar-refractivity contribution in [2.45, 2.75) is 49.8 Å². The van der Waals surface area contributed by atoms with Gasteiger partial charge in [-0.25, -0.2) is 4.79 Å². The van der Waals surface area contributed by atoms with Gasteiger partial charge in [-0.2, -0.15) is 17.2 Å². The number of aliphatic hydroxyl groups is 1. The summed E-state index contributed by atoms with van der Waals surface area (Å²) in [7, 11) is -4.47. The standard InChI is InChI=1S/C15H22F2O8S/c1-23-7-24-12(18)14-4-8-2-9(5-14)11(10(3-8)6-14)25-13(19)15(16,17)26(20,21)22/h8-12,18H,2-7H2,1H3,(H,20,21,22). The predicted molar refractivity (Wildman–Crippen MR) is 81.3 cm³/mol. The molecule has 0 heterocycles. The number of carbonyl (C=O) groups excluding carboxylic acids is 1. The summed E-state index contributed by atoms with van der Waals surface area (Å²) in [5.41, 5.74) is -0.552. The maximum atomic E-state index is 13.5. The number of rotatable bonds is 7. The van der Waals surface area contributed by atoms with Crippen molar-refractivity contribution in [1.82, 2.24) is 0 Å². The number of hydrogen-bond donors (Lipinski definition) is 2. The lowest BCUT2D eigenvalue weighted by Crippen LogP contribution is -2.59. The molecular formula is C15H22F2O8S. The Morgan fingerprint density at radius 2 is 1.85 bits per heavy atom. The van der Waals surface area contributed by atoms with Crippen LogP contribution in [-0.2, 0) is 29.1 Å². The van der Waals surface area contributed by atoms with E-state index in [1.807, 2.05) is 0 Å². The van der Waals surface area contributed by atoms with Crippen molar-refractivity contribution in [3.05, 3.63) is 0 Å². The molecule has 0 saturated heterocycles. The van der Waals surface area contributed by atoms with E-state index in [9.17, 15) is 27.1 Å². The molecule has 4 aliphatic rings. The molecule has 4 saturated carbocycles. The summed E-state index contributed by atoms with van der Waals surface area (Å²) in [5, 5.41) is 5.41. The number of methoxy groups -OCH3 is 1. The Morgan fingerprint density at radius 3 is 2.35 bits per heavy atom. The number of halogens is 2.